The Morgan fingerprint density at radius 3 is 2.70 bits per heavy atom. The predicted octanol–water partition coefficient (Wildman–Crippen LogP) is 4.09. The maximum Gasteiger partial charge on any atom is 0.233 e. The summed E-state index contributed by atoms with van der Waals surface area (Å²) in [7, 11) is 0. The Morgan fingerprint density at radius 1 is 1.03 bits per heavy atom. The summed E-state index contributed by atoms with van der Waals surface area (Å²) in [5.41, 5.74) is 2.24. The van der Waals surface area contributed by atoms with E-state index in [9.17, 15) is 5.11 Å². The first kappa shape index (κ1) is 19.0. The normalized spacial score (nSPS) is 14.2. The van der Waals surface area contributed by atoms with E-state index in [0.29, 0.717) is 49.5 Å². The SMILES string of the molecule is Oc1ccc(Nc2nc(Cl)nc(N3CCOCC3)n2)cc1-c1nc2ccccc2s1. The van der Waals surface area contributed by atoms with E-state index in [4.69, 9.17) is 16.3 Å². The molecule has 0 unspecified atom stereocenters. The minimum atomic E-state index is 0.110. The molecule has 1 aliphatic heterocycles. The number of halogens is 1. The van der Waals surface area contributed by atoms with Crippen molar-refractivity contribution in [2.45, 2.75) is 0 Å². The number of rotatable bonds is 4. The second-order valence-corrected chi connectivity index (χ2v) is 8.04. The van der Waals surface area contributed by atoms with Gasteiger partial charge in [0.15, 0.2) is 0 Å². The molecule has 0 radical (unpaired) electrons. The molecule has 0 atom stereocenters. The molecule has 1 saturated heterocycles. The van der Waals surface area contributed by atoms with E-state index in [0.717, 1.165) is 15.2 Å². The van der Waals surface area contributed by atoms with Gasteiger partial charge in [-0.05, 0) is 41.9 Å². The number of morpholine rings is 1. The number of hydrogen-bond donors (Lipinski definition) is 2. The molecule has 0 saturated carbocycles. The summed E-state index contributed by atoms with van der Waals surface area (Å²) < 4.78 is 6.44. The molecule has 0 amide bonds. The third kappa shape index (κ3) is 3.87. The van der Waals surface area contributed by atoms with Crippen LogP contribution in [0.1, 0.15) is 0 Å². The number of aromatic nitrogens is 4. The molecule has 2 aromatic carbocycles. The van der Waals surface area contributed by atoms with Crippen LogP contribution in [0, 0.1) is 0 Å². The molecule has 1 aliphatic rings. The van der Waals surface area contributed by atoms with E-state index in [1.165, 1.54) is 11.3 Å². The first-order valence-corrected chi connectivity index (χ1v) is 10.6. The molecule has 10 heteroatoms. The number of aromatic hydroxyl groups is 1. The number of thiazole rings is 1. The third-order valence-electron chi connectivity index (χ3n) is 4.67. The zero-order valence-electron chi connectivity index (χ0n) is 15.7. The van der Waals surface area contributed by atoms with Crippen LogP contribution >= 0.6 is 22.9 Å². The lowest BCUT2D eigenvalue weighted by Gasteiger charge is -2.26. The van der Waals surface area contributed by atoms with Gasteiger partial charge in [0.05, 0.1) is 29.0 Å². The maximum absolute atomic E-state index is 10.4. The topological polar surface area (TPSA) is 96.3 Å². The van der Waals surface area contributed by atoms with Crippen molar-refractivity contribution >= 4 is 50.7 Å². The molecule has 8 nitrogen and oxygen atoms in total. The van der Waals surface area contributed by atoms with Crippen LogP contribution in [0.25, 0.3) is 20.8 Å². The number of phenols is 1. The molecule has 3 heterocycles. The molecule has 2 aromatic heterocycles. The second kappa shape index (κ2) is 8.02. The molecule has 0 bridgehead atoms. The van der Waals surface area contributed by atoms with Crippen LogP contribution in [-0.2, 0) is 4.74 Å². The number of anilines is 3. The molecule has 1 fully saturated rings. The van der Waals surface area contributed by atoms with Crippen LogP contribution < -0.4 is 10.2 Å². The molecule has 0 aliphatic carbocycles. The van der Waals surface area contributed by atoms with Gasteiger partial charge in [-0.2, -0.15) is 15.0 Å². The monoisotopic (exact) mass is 440 g/mol. The summed E-state index contributed by atoms with van der Waals surface area (Å²) in [6, 6.07) is 13.1. The molecule has 30 heavy (non-hydrogen) atoms. The standard InChI is InChI=1S/C20H17ClN6O2S/c21-18-24-19(26-20(25-18)27-7-9-29-10-8-27)22-12-5-6-15(28)13(11-12)17-23-14-3-1-2-4-16(14)30-17/h1-6,11,28H,7-10H2,(H,22,24,25,26). The number of ether oxygens (including phenoxy) is 1. The van der Waals surface area contributed by atoms with Crippen LogP contribution in [0.3, 0.4) is 0 Å². The van der Waals surface area contributed by atoms with Crippen LogP contribution in [0.5, 0.6) is 5.75 Å². The predicted molar refractivity (Wildman–Crippen MR) is 118 cm³/mol. The van der Waals surface area contributed by atoms with Gasteiger partial charge in [0.25, 0.3) is 0 Å². The van der Waals surface area contributed by atoms with Crippen LogP contribution in [0.4, 0.5) is 17.6 Å². The molecule has 2 N–H and O–H groups in total. The lowest BCUT2D eigenvalue weighted by molar-refractivity contribution is 0.122. The van der Waals surface area contributed by atoms with E-state index in [2.05, 4.69) is 25.3 Å². The van der Waals surface area contributed by atoms with E-state index in [1.807, 2.05) is 35.2 Å². The van der Waals surface area contributed by atoms with Gasteiger partial charge in [-0.3, -0.25) is 0 Å². The summed E-state index contributed by atoms with van der Waals surface area (Å²) >= 11 is 7.65. The van der Waals surface area contributed by atoms with Crippen molar-refractivity contribution in [2.75, 3.05) is 36.5 Å². The van der Waals surface area contributed by atoms with E-state index < -0.39 is 0 Å². The highest BCUT2D eigenvalue weighted by atomic mass is 35.5. The van der Waals surface area contributed by atoms with Crippen molar-refractivity contribution in [3.8, 4) is 16.3 Å². The second-order valence-electron chi connectivity index (χ2n) is 6.67. The minimum absolute atomic E-state index is 0.110. The fourth-order valence-corrected chi connectivity index (χ4v) is 4.35. The van der Waals surface area contributed by atoms with Crippen LogP contribution in [0.2, 0.25) is 5.28 Å². The minimum Gasteiger partial charge on any atom is -0.507 e. The highest BCUT2D eigenvalue weighted by Gasteiger charge is 2.17. The summed E-state index contributed by atoms with van der Waals surface area (Å²) in [4.78, 5) is 19.5. The van der Waals surface area contributed by atoms with E-state index in [-0.39, 0.29) is 11.0 Å². The quantitative estimate of drug-likeness (QED) is 0.458. The Bertz CT molecular complexity index is 1180. The number of nitrogens with one attached hydrogen (secondary N) is 1. The van der Waals surface area contributed by atoms with Gasteiger partial charge in [-0.15, -0.1) is 11.3 Å². The first-order chi connectivity index (χ1) is 14.7. The van der Waals surface area contributed by atoms with Crippen LogP contribution in [-0.4, -0.2) is 51.3 Å². The third-order valence-corrected chi connectivity index (χ3v) is 5.91. The summed E-state index contributed by atoms with van der Waals surface area (Å²) in [6.07, 6.45) is 0. The van der Waals surface area contributed by atoms with Crippen molar-refractivity contribution < 1.29 is 9.84 Å². The number of phenolic OH excluding ortho intramolecular Hbond substituents is 1. The van der Waals surface area contributed by atoms with Crippen molar-refractivity contribution in [1.29, 1.82) is 0 Å². The fourth-order valence-electron chi connectivity index (χ4n) is 3.20. The number of benzene rings is 2. The van der Waals surface area contributed by atoms with Gasteiger partial charge in [-0.25, -0.2) is 4.98 Å². The molecule has 4 aromatic rings. The summed E-state index contributed by atoms with van der Waals surface area (Å²) in [6.45, 7) is 2.63. The largest absolute Gasteiger partial charge is 0.507 e. The van der Waals surface area contributed by atoms with Crippen molar-refractivity contribution in [3.63, 3.8) is 0 Å². The zero-order chi connectivity index (χ0) is 20.5. The highest BCUT2D eigenvalue weighted by Crippen LogP contribution is 2.37. The average Bonchev–Trinajstić information content (AvgIpc) is 3.19. The smallest absolute Gasteiger partial charge is 0.233 e. The maximum atomic E-state index is 10.4. The number of hydrogen-bond acceptors (Lipinski definition) is 9. The van der Waals surface area contributed by atoms with Gasteiger partial charge in [0.2, 0.25) is 17.2 Å². The van der Waals surface area contributed by atoms with Crippen LogP contribution in [0.15, 0.2) is 42.5 Å². The first-order valence-electron chi connectivity index (χ1n) is 9.36. The van der Waals surface area contributed by atoms with Crippen molar-refractivity contribution in [3.05, 3.63) is 47.7 Å². The summed E-state index contributed by atoms with van der Waals surface area (Å²) in [5.74, 6) is 0.991. The van der Waals surface area contributed by atoms with Gasteiger partial charge in [-0.1, -0.05) is 12.1 Å². The highest BCUT2D eigenvalue weighted by molar-refractivity contribution is 7.21. The molecular weight excluding hydrogens is 424 g/mol. The van der Waals surface area contributed by atoms with Gasteiger partial charge in [0, 0.05) is 18.8 Å². The number of para-hydroxylation sites is 1. The molecular formula is C20H17ClN6O2S. The lowest BCUT2D eigenvalue weighted by atomic mass is 10.2. The van der Waals surface area contributed by atoms with E-state index >= 15 is 0 Å². The Balaban J connectivity index is 1.45. The Morgan fingerprint density at radius 2 is 1.87 bits per heavy atom. The average molecular weight is 441 g/mol. The Labute approximate surface area is 181 Å². The molecule has 152 valence electrons. The van der Waals surface area contributed by atoms with E-state index in [1.54, 1.807) is 12.1 Å². The number of nitrogens with zero attached hydrogens (tertiary/aromatic N) is 5. The van der Waals surface area contributed by atoms with Gasteiger partial charge in [0.1, 0.15) is 10.8 Å². The van der Waals surface area contributed by atoms with Crippen molar-refractivity contribution in [2.24, 2.45) is 0 Å². The van der Waals surface area contributed by atoms with Crippen molar-refractivity contribution in [1.82, 2.24) is 19.9 Å². The zero-order valence-corrected chi connectivity index (χ0v) is 17.3. The Kier molecular flexibility index (Phi) is 5.07. The Hall–Kier alpha value is -3.01. The van der Waals surface area contributed by atoms with Gasteiger partial charge < -0.3 is 20.1 Å². The lowest BCUT2D eigenvalue weighted by Crippen LogP contribution is -2.37. The van der Waals surface area contributed by atoms with Gasteiger partial charge >= 0.3 is 0 Å². The summed E-state index contributed by atoms with van der Waals surface area (Å²) in [5, 5.41) is 14.4. The molecule has 0 spiro atoms. The fraction of sp³-hybridized carbons (Fsp3) is 0.200. The number of fused-ring (bicyclic) bond motifs is 1. The molecule has 5 rings (SSSR count).